The maximum absolute atomic E-state index is 12.4. The van der Waals surface area contributed by atoms with Crippen molar-refractivity contribution in [1.29, 1.82) is 0 Å². The van der Waals surface area contributed by atoms with Gasteiger partial charge in [0, 0.05) is 11.4 Å². The molecule has 0 aliphatic rings. The number of amides is 2. The van der Waals surface area contributed by atoms with Gasteiger partial charge in [-0.2, -0.15) is 27.3 Å². The van der Waals surface area contributed by atoms with E-state index in [1.807, 2.05) is 0 Å². The van der Waals surface area contributed by atoms with E-state index in [4.69, 9.17) is 24.4 Å². The molecule has 0 bridgehead atoms. The molecule has 0 spiro atoms. The number of nitrogens with zero attached hydrogens (tertiary/aromatic N) is 6. The van der Waals surface area contributed by atoms with Crippen LogP contribution in [0.1, 0.15) is 20.7 Å². The molecule has 25 heteroatoms. The van der Waals surface area contributed by atoms with Crippen molar-refractivity contribution in [2.45, 2.75) is 9.79 Å². The number of anilines is 2. The fourth-order valence-electron chi connectivity index (χ4n) is 4.33. The van der Waals surface area contributed by atoms with E-state index < -0.39 is 41.8 Å². The van der Waals surface area contributed by atoms with Gasteiger partial charge < -0.3 is 10.6 Å². The summed E-state index contributed by atoms with van der Waals surface area (Å²) >= 11 is 10.0. The molecule has 0 radical (unpaired) electrons. The number of aromatic nitrogens is 8. The Morgan fingerprint density at radius 1 is 0.585 bits per heavy atom. The van der Waals surface area contributed by atoms with Gasteiger partial charge in [0.15, 0.2) is 0 Å². The van der Waals surface area contributed by atoms with Crippen LogP contribution in [0.3, 0.4) is 0 Å². The summed E-state index contributed by atoms with van der Waals surface area (Å²) in [5, 5.41) is 24.8. The van der Waals surface area contributed by atoms with Gasteiger partial charge in [-0.1, -0.05) is 57.0 Å². The van der Waals surface area contributed by atoms with Crippen molar-refractivity contribution in [2.75, 3.05) is 10.6 Å². The van der Waals surface area contributed by atoms with Crippen molar-refractivity contribution in [2.24, 2.45) is 0 Å². The Morgan fingerprint density at radius 2 is 0.943 bits per heavy atom. The molecule has 0 saturated heterocycles. The average molecular weight is 872 g/mol. The molecule has 18 nitrogen and oxygen atoms in total. The summed E-state index contributed by atoms with van der Waals surface area (Å²) < 4.78 is 67.4. The zero-order chi connectivity index (χ0) is 36.1. The van der Waals surface area contributed by atoms with Crippen LogP contribution in [-0.2, 0) is 20.2 Å². The van der Waals surface area contributed by atoms with E-state index in [-0.39, 0.29) is 175 Å². The van der Waals surface area contributed by atoms with Gasteiger partial charge in [-0.3, -0.25) is 18.7 Å². The predicted molar refractivity (Wildman–Crippen MR) is 182 cm³/mol. The SMILES string of the molecule is O=C(Nc1cccc(-n2[nH]nnc2=S)c1)c1ccccc1S(=O)(=O)O.O=C(Nc1cccc(-n2[nH]nnc2=S)c1)c1ccccc1S(=O)(=O)O.[K+].[K+].[K+]. The van der Waals surface area contributed by atoms with Crippen LogP contribution < -0.4 is 165 Å². The molecule has 53 heavy (non-hydrogen) atoms. The monoisotopic (exact) mass is 871 g/mol. The first-order valence-electron chi connectivity index (χ1n) is 13.7. The zero-order valence-corrected chi connectivity index (χ0v) is 40.5. The fraction of sp³-hybridized carbons (Fsp3) is 0. The largest absolute Gasteiger partial charge is 1.00 e. The maximum atomic E-state index is 12.4. The Morgan fingerprint density at radius 3 is 1.26 bits per heavy atom. The molecule has 256 valence electrons. The molecule has 0 fully saturated rings. The van der Waals surface area contributed by atoms with Gasteiger partial charge in [0.25, 0.3) is 32.1 Å². The second-order valence-corrected chi connectivity index (χ2v) is 13.3. The molecule has 6 N–H and O–H groups in total. The van der Waals surface area contributed by atoms with Crippen molar-refractivity contribution < 1.29 is 190 Å². The van der Waals surface area contributed by atoms with Crippen LogP contribution in [0, 0.1) is 9.54 Å². The van der Waals surface area contributed by atoms with Gasteiger partial charge in [-0.05, 0) is 85.1 Å². The first-order valence-corrected chi connectivity index (χ1v) is 17.4. The van der Waals surface area contributed by atoms with E-state index in [1.165, 1.54) is 45.8 Å². The Labute approximate surface area is 439 Å². The number of hydrogen-bond acceptors (Lipinski definition) is 12. The number of aromatic amines is 2. The first kappa shape index (κ1) is 48.3. The van der Waals surface area contributed by atoms with Crippen LogP contribution in [0.15, 0.2) is 107 Å². The van der Waals surface area contributed by atoms with E-state index in [9.17, 15) is 35.5 Å². The van der Waals surface area contributed by atoms with E-state index in [0.29, 0.717) is 22.7 Å². The number of carbonyl (C=O) groups excluding carboxylic acids is 2. The van der Waals surface area contributed by atoms with Crippen LogP contribution in [0.4, 0.5) is 11.4 Å². The smallest absolute Gasteiger partial charge is 0.322 e. The minimum atomic E-state index is -4.52. The summed E-state index contributed by atoms with van der Waals surface area (Å²) in [6.45, 7) is 0. The molecule has 0 aliphatic heterocycles. The summed E-state index contributed by atoms with van der Waals surface area (Å²) in [6, 6.07) is 23.9. The summed E-state index contributed by atoms with van der Waals surface area (Å²) in [4.78, 5) is 23.9. The second-order valence-electron chi connectivity index (χ2n) is 9.79. The Hall–Kier alpha value is -0.871. The van der Waals surface area contributed by atoms with Crippen molar-refractivity contribution in [3.05, 3.63) is 118 Å². The summed E-state index contributed by atoms with van der Waals surface area (Å²) in [5.74, 6) is -1.37. The molecule has 0 aliphatic carbocycles. The molecule has 0 unspecified atom stereocenters. The minimum Gasteiger partial charge on any atom is -0.322 e. The third kappa shape index (κ3) is 13.1. The molecule has 0 saturated carbocycles. The van der Waals surface area contributed by atoms with Gasteiger partial charge in [0.05, 0.1) is 22.5 Å². The number of nitrogens with one attached hydrogen (secondary N) is 4. The topological polar surface area (TPSA) is 260 Å². The molecule has 2 aromatic heterocycles. The van der Waals surface area contributed by atoms with E-state index >= 15 is 0 Å². The van der Waals surface area contributed by atoms with Gasteiger partial charge in [-0.25, -0.2) is 9.36 Å². The molecular formula is C28H22K3N10O8S4+3. The molecule has 6 aromatic rings. The molecule has 2 heterocycles. The normalized spacial score (nSPS) is 10.6. The predicted octanol–water partition coefficient (Wildman–Crippen LogP) is -5.34. The third-order valence-electron chi connectivity index (χ3n) is 6.49. The van der Waals surface area contributed by atoms with Crippen LogP contribution in [-0.4, -0.2) is 78.2 Å². The van der Waals surface area contributed by atoms with Crippen molar-refractivity contribution in [3.63, 3.8) is 0 Å². The van der Waals surface area contributed by atoms with Crippen LogP contribution in [0.2, 0.25) is 0 Å². The number of hydrogen-bond donors (Lipinski definition) is 6. The average Bonchev–Trinajstić information content (AvgIpc) is 3.72. The van der Waals surface area contributed by atoms with E-state index in [1.54, 1.807) is 48.5 Å². The Balaban J connectivity index is 0.000000347. The first-order chi connectivity index (χ1) is 23.7. The Kier molecular flexibility index (Phi) is 19.7. The van der Waals surface area contributed by atoms with Gasteiger partial charge in [0.2, 0.25) is 9.54 Å². The number of carbonyl (C=O) groups is 2. The van der Waals surface area contributed by atoms with E-state index in [0.717, 1.165) is 12.1 Å². The zero-order valence-electron chi connectivity index (χ0n) is 27.9. The van der Waals surface area contributed by atoms with E-state index in [2.05, 4.69) is 41.7 Å². The standard InChI is InChI=1S/2C14H11N5O4S2.3K/c2*20-13(11-6-1-2-7-12(11)25(21,22)23)15-9-4-3-5-10(8-9)19-14(24)16-17-18-19;;;/h2*1-8H,(H,15,20)(H,16,18,24)(H,21,22,23);;;/q;;3*+1. The summed E-state index contributed by atoms with van der Waals surface area (Å²) in [7, 11) is -9.04. The number of benzene rings is 4. The van der Waals surface area contributed by atoms with Gasteiger partial charge in [0.1, 0.15) is 9.79 Å². The van der Waals surface area contributed by atoms with Gasteiger partial charge in [-0.15, -0.1) is 0 Å². The number of tetrazole rings is 2. The quantitative estimate of drug-likeness (QED) is 0.0475. The second kappa shape index (κ2) is 21.6. The molecule has 2 amide bonds. The van der Waals surface area contributed by atoms with Crippen LogP contribution >= 0.6 is 24.4 Å². The Bertz CT molecular complexity index is 2400. The van der Waals surface area contributed by atoms with Gasteiger partial charge >= 0.3 is 154 Å². The minimum absolute atomic E-state index is 0. The van der Waals surface area contributed by atoms with Crippen molar-refractivity contribution in [3.8, 4) is 11.4 Å². The molecule has 6 rings (SSSR count). The van der Waals surface area contributed by atoms with Crippen molar-refractivity contribution in [1.82, 2.24) is 40.4 Å². The third-order valence-corrected chi connectivity index (χ3v) is 8.84. The van der Waals surface area contributed by atoms with Crippen molar-refractivity contribution >= 4 is 67.9 Å². The fourth-order valence-corrected chi connectivity index (χ4v) is 6.08. The van der Waals surface area contributed by atoms with Crippen LogP contribution in [0.5, 0.6) is 0 Å². The maximum Gasteiger partial charge on any atom is 1.00 e. The molecule has 4 aromatic carbocycles. The summed E-state index contributed by atoms with van der Waals surface area (Å²) in [5.41, 5.74) is 1.60. The molecular weight excluding hydrogens is 850 g/mol. The number of rotatable bonds is 8. The summed E-state index contributed by atoms with van der Waals surface area (Å²) in [6.07, 6.45) is 0. The van der Waals surface area contributed by atoms with Crippen LogP contribution in [0.25, 0.3) is 11.4 Å². The number of H-pyrrole nitrogens is 2. The molecule has 0 atom stereocenters.